The highest BCUT2D eigenvalue weighted by atomic mass is 35.5. The number of halogens is 1. The molecule has 1 aliphatic rings. The van der Waals surface area contributed by atoms with E-state index in [1.165, 1.54) is 0 Å². The van der Waals surface area contributed by atoms with E-state index in [-0.39, 0.29) is 17.6 Å². The van der Waals surface area contributed by atoms with Crippen molar-refractivity contribution < 1.29 is 9.59 Å². The van der Waals surface area contributed by atoms with E-state index in [4.69, 9.17) is 11.6 Å². The molecule has 3 nitrogen and oxygen atoms in total. The quantitative estimate of drug-likeness (QED) is 0.605. The predicted octanol–water partition coefficient (Wildman–Crippen LogP) is 4.17. The number of ketones is 1. The number of benzene rings is 1. The molecule has 0 aromatic heterocycles. The molecule has 1 aromatic rings. The van der Waals surface area contributed by atoms with Gasteiger partial charge in [-0.25, -0.2) is 0 Å². The fourth-order valence-electron chi connectivity index (χ4n) is 2.58. The Kier molecular flexibility index (Phi) is 5.78. The second kappa shape index (κ2) is 7.59. The monoisotopic (exact) mass is 319 g/mol. The lowest BCUT2D eigenvalue weighted by atomic mass is 10.0. The lowest BCUT2D eigenvalue weighted by molar-refractivity contribution is -0.123. The first-order valence-corrected chi connectivity index (χ1v) is 8.33. The van der Waals surface area contributed by atoms with E-state index in [9.17, 15) is 9.59 Å². The van der Waals surface area contributed by atoms with E-state index in [2.05, 4.69) is 5.32 Å². The molecule has 1 aromatic carbocycles. The van der Waals surface area contributed by atoms with Crippen LogP contribution < -0.4 is 5.32 Å². The van der Waals surface area contributed by atoms with E-state index in [0.29, 0.717) is 17.1 Å². The minimum absolute atomic E-state index is 0.0723. The van der Waals surface area contributed by atoms with Crippen LogP contribution in [0.2, 0.25) is 0 Å². The number of nitrogens with one attached hydrogen (secondary N) is 1. The number of alkyl halides is 1. The summed E-state index contributed by atoms with van der Waals surface area (Å²) in [5.41, 5.74) is 3.07. The van der Waals surface area contributed by atoms with Gasteiger partial charge in [-0.15, -0.1) is 11.6 Å². The van der Waals surface area contributed by atoms with Crippen LogP contribution in [0, 0.1) is 5.92 Å². The van der Waals surface area contributed by atoms with E-state index in [1.54, 1.807) is 0 Å². The van der Waals surface area contributed by atoms with Crippen LogP contribution in [-0.2, 0) is 4.79 Å². The van der Waals surface area contributed by atoms with Crippen LogP contribution in [-0.4, -0.2) is 17.6 Å². The second-order valence-corrected chi connectivity index (χ2v) is 6.25. The third-order valence-electron chi connectivity index (χ3n) is 3.86. The summed E-state index contributed by atoms with van der Waals surface area (Å²) in [6.45, 7) is 3.64. The Hall–Kier alpha value is -1.61. The molecule has 0 bridgehead atoms. The third-order valence-corrected chi connectivity index (χ3v) is 4.13. The molecule has 118 valence electrons. The molecule has 22 heavy (non-hydrogen) atoms. The van der Waals surface area contributed by atoms with Crippen molar-refractivity contribution >= 4 is 28.9 Å². The summed E-state index contributed by atoms with van der Waals surface area (Å²) in [5.74, 6) is 0.318. The smallest absolute Gasteiger partial charge is 0.227 e. The highest BCUT2D eigenvalue weighted by Gasteiger charge is 2.30. The molecule has 0 saturated carbocycles. The first-order valence-electron chi connectivity index (χ1n) is 7.80. The van der Waals surface area contributed by atoms with E-state index in [1.807, 2.05) is 38.1 Å². The predicted molar refractivity (Wildman–Crippen MR) is 89.9 cm³/mol. The van der Waals surface area contributed by atoms with Crippen molar-refractivity contribution in [2.75, 3.05) is 5.88 Å². The Balaban J connectivity index is 2.26. The van der Waals surface area contributed by atoms with Crippen molar-refractivity contribution in [1.29, 1.82) is 0 Å². The number of hydrogen-bond donors (Lipinski definition) is 1. The molecular weight excluding hydrogens is 298 g/mol. The minimum atomic E-state index is -0.151. The summed E-state index contributed by atoms with van der Waals surface area (Å²) in [6.07, 6.45) is 3.74. The SMILES string of the molecule is CC(C)C(=O)NC1=C(CCCCCCl)c2ccccc2C1=O. The van der Waals surface area contributed by atoms with Gasteiger partial charge in [0.1, 0.15) is 0 Å². The summed E-state index contributed by atoms with van der Waals surface area (Å²) in [6, 6.07) is 7.57. The van der Waals surface area contributed by atoms with Crippen molar-refractivity contribution in [1.82, 2.24) is 5.32 Å². The fraction of sp³-hybridized carbons (Fsp3) is 0.444. The number of Topliss-reactive ketones (excluding diaryl/α,β-unsaturated/α-hetero) is 1. The zero-order chi connectivity index (χ0) is 16.1. The first-order chi connectivity index (χ1) is 10.6. The molecule has 0 spiro atoms. The Morgan fingerprint density at radius 3 is 2.45 bits per heavy atom. The van der Waals surface area contributed by atoms with Crippen molar-refractivity contribution in [3.8, 4) is 0 Å². The lowest BCUT2D eigenvalue weighted by Crippen LogP contribution is -2.30. The van der Waals surface area contributed by atoms with Crippen LogP contribution in [0.1, 0.15) is 55.5 Å². The normalized spacial score (nSPS) is 13.7. The van der Waals surface area contributed by atoms with Gasteiger partial charge in [0, 0.05) is 17.4 Å². The molecular formula is C18H22ClNO2. The van der Waals surface area contributed by atoms with Gasteiger partial charge >= 0.3 is 0 Å². The Morgan fingerprint density at radius 1 is 1.14 bits per heavy atom. The van der Waals surface area contributed by atoms with Gasteiger partial charge in [0.05, 0.1) is 5.70 Å². The van der Waals surface area contributed by atoms with Crippen LogP contribution in [0.25, 0.3) is 5.57 Å². The lowest BCUT2D eigenvalue weighted by Gasteiger charge is -2.11. The van der Waals surface area contributed by atoms with Gasteiger partial charge in [0.25, 0.3) is 0 Å². The highest BCUT2D eigenvalue weighted by molar-refractivity contribution is 6.21. The number of carbonyl (C=O) groups excluding carboxylic acids is 2. The summed E-state index contributed by atoms with van der Waals surface area (Å²) < 4.78 is 0. The molecule has 0 fully saturated rings. The van der Waals surface area contributed by atoms with E-state index >= 15 is 0 Å². The maximum atomic E-state index is 12.6. The van der Waals surface area contributed by atoms with E-state index < -0.39 is 0 Å². The Morgan fingerprint density at radius 2 is 1.82 bits per heavy atom. The molecule has 0 atom stereocenters. The number of fused-ring (bicyclic) bond motifs is 1. The summed E-state index contributed by atoms with van der Waals surface area (Å²) in [4.78, 5) is 24.6. The van der Waals surface area contributed by atoms with Gasteiger partial charge in [-0.1, -0.05) is 44.5 Å². The third kappa shape index (κ3) is 3.58. The van der Waals surface area contributed by atoms with Crippen LogP contribution in [0.5, 0.6) is 0 Å². The summed E-state index contributed by atoms with van der Waals surface area (Å²) >= 11 is 5.71. The molecule has 1 N–H and O–H groups in total. The van der Waals surface area contributed by atoms with E-state index in [0.717, 1.165) is 36.8 Å². The van der Waals surface area contributed by atoms with Crippen LogP contribution in [0.15, 0.2) is 30.0 Å². The van der Waals surface area contributed by atoms with Crippen LogP contribution in [0.3, 0.4) is 0 Å². The second-order valence-electron chi connectivity index (χ2n) is 5.87. The van der Waals surface area contributed by atoms with Gasteiger partial charge in [0.2, 0.25) is 11.7 Å². The van der Waals surface area contributed by atoms with Gasteiger partial charge in [-0.2, -0.15) is 0 Å². The molecule has 0 unspecified atom stereocenters. The number of allylic oxidation sites excluding steroid dienone is 2. The van der Waals surface area contributed by atoms with Crippen LogP contribution in [0.4, 0.5) is 0 Å². The Labute approximate surface area is 136 Å². The largest absolute Gasteiger partial charge is 0.322 e. The minimum Gasteiger partial charge on any atom is -0.322 e. The number of amides is 1. The summed E-state index contributed by atoms with van der Waals surface area (Å²) in [5, 5.41) is 2.83. The molecule has 0 heterocycles. The van der Waals surface area contributed by atoms with Crippen molar-refractivity contribution in [2.45, 2.75) is 39.5 Å². The molecule has 2 rings (SSSR count). The standard InChI is InChI=1S/C18H22ClNO2/c1-12(2)18(22)20-16-14(9-4-3-7-11-19)13-8-5-6-10-15(13)17(16)21/h5-6,8,10,12H,3-4,7,9,11H2,1-2H3,(H,20,21,22). The number of hydrogen-bond acceptors (Lipinski definition) is 2. The van der Waals surface area contributed by atoms with Gasteiger partial charge in [0.15, 0.2) is 0 Å². The maximum Gasteiger partial charge on any atom is 0.227 e. The fourth-order valence-corrected chi connectivity index (χ4v) is 2.77. The molecule has 0 radical (unpaired) electrons. The van der Waals surface area contributed by atoms with Gasteiger partial charge in [-0.3, -0.25) is 9.59 Å². The summed E-state index contributed by atoms with van der Waals surface area (Å²) in [7, 11) is 0. The highest BCUT2D eigenvalue weighted by Crippen LogP contribution is 2.35. The van der Waals surface area contributed by atoms with Crippen LogP contribution >= 0.6 is 11.6 Å². The number of rotatable bonds is 7. The average molecular weight is 320 g/mol. The van der Waals surface area contributed by atoms with Gasteiger partial charge < -0.3 is 5.32 Å². The average Bonchev–Trinajstić information content (AvgIpc) is 2.77. The first kappa shape index (κ1) is 16.8. The Bertz CT molecular complexity index is 605. The van der Waals surface area contributed by atoms with Crippen molar-refractivity contribution in [3.05, 3.63) is 41.1 Å². The molecule has 0 saturated heterocycles. The maximum absolute atomic E-state index is 12.6. The number of carbonyl (C=O) groups is 2. The zero-order valence-corrected chi connectivity index (χ0v) is 13.9. The zero-order valence-electron chi connectivity index (χ0n) is 13.1. The molecule has 1 aliphatic carbocycles. The van der Waals surface area contributed by atoms with Gasteiger partial charge in [-0.05, 0) is 30.4 Å². The van der Waals surface area contributed by atoms with Crippen molar-refractivity contribution in [2.24, 2.45) is 5.92 Å². The number of unbranched alkanes of at least 4 members (excludes halogenated alkanes) is 2. The molecule has 0 aliphatic heterocycles. The molecule has 4 heteroatoms. The molecule has 1 amide bonds. The topological polar surface area (TPSA) is 46.2 Å². The van der Waals surface area contributed by atoms with Crippen molar-refractivity contribution in [3.63, 3.8) is 0 Å².